The summed E-state index contributed by atoms with van der Waals surface area (Å²) in [6.45, 7) is 0.0719. The summed E-state index contributed by atoms with van der Waals surface area (Å²) in [6.07, 6.45) is 1.81. The number of benzene rings is 1. The molecule has 1 aromatic carbocycles. The molecule has 0 aliphatic carbocycles. The quantitative estimate of drug-likeness (QED) is 0.644. The fourth-order valence-electron chi connectivity index (χ4n) is 1.86. The summed E-state index contributed by atoms with van der Waals surface area (Å²) in [5.74, 6) is -0.512. The van der Waals surface area contributed by atoms with Gasteiger partial charge in [0.2, 0.25) is 0 Å². The van der Waals surface area contributed by atoms with Gasteiger partial charge in [-0.2, -0.15) is 5.10 Å². The van der Waals surface area contributed by atoms with E-state index in [1.54, 1.807) is 10.7 Å². The van der Waals surface area contributed by atoms with E-state index in [4.69, 9.17) is 27.9 Å². The van der Waals surface area contributed by atoms with E-state index in [2.05, 4.69) is 5.10 Å². The molecule has 0 atom stereocenters. The minimum absolute atomic E-state index is 0.0719. The summed E-state index contributed by atoms with van der Waals surface area (Å²) < 4.78 is 7.70. The molecule has 112 valence electrons. The van der Waals surface area contributed by atoms with Gasteiger partial charge < -0.3 is 4.74 Å². The Morgan fingerprint density at radius 2 is 2.00 bits per heavy atom. The number of aromatic nitrogens is 2. The van der Waals surface area contributed by atoms with Gasteiger partial charge in [-0.15, -0.1) is 11.3 Å². The van der Waals surface area contributed by atoms with E-state index in [1.807, 2.05) is 36.5 Å². The van der Waals surface area contributed by atoms with E-state index in [1.165, 1.54) is 6.07 Å². The third-order valence-corrected chi connectivity index (χ3v) is 4.38. The number of hydrogen-bond donors (Lipinski definition) is 0. The van der Waals surface area contributed by atoms with Crippen LogP contribution < -0.4 is 0 Å². The van der Waals surface area contributed by atoms with Crippen LogP contribution in [-0.4, -0.2) is 15.7 Å². The number of rotatable bonds is 4. The van der Waals surface area contributed by atoms with Crippen molar-refractivity contribution in [2.24, 2.45) is 0 Å². The second kappa shape index (κ2) is 6.52. The maximum atomic E-state index is 11.9. The van der Waals surface area contributed by atoms with Crippen LogP contribution in [0.2, 0.25) is 8.67 Å². The van der Waals surface area contributed by atoms with Gasteiger partial charge in [0.15, 0.2) is 0 Å². The average Bonchev–Trinajstić information content (AvgIpc) is 3.12. The highest BCUT2D eigenvalue weighted by Crippen LogP contribution is 2.31. The van der Waals surface area contributed by atoms with Crippen molar-refractivity contribution >= 4 is 40.5 Å². The standard InChI is InChI=1S/C15H10Cl2N2O2S/c16-13-8-12(14(17)22-13)15(20)21-9-10-6-7-19(18-10)11-4-2-1-3-5-11/h1-8H,9H2. The molecule has 0 bridgehead atoms. The molecule has 22 heavy (non-hydrogen) atoms. The molecule has 0 amide bonds. The van der Waals surface area contributed by atoms with Crippen molar-refractivity contribution in [2.75, 3.05) is 0 Å². The van der Waals surface area contributed by atoms with Crippen molar-refractivity contribution in [3.63, 3.8) is 0 Å². The van der Waals surface area contributed by atoms with Crippen LogP contribution in [0.3, 0.4) is 0 Å². The van der Waals surface area contributed by atoms with Gasteiger partial charge in [-0.1, -0.05) is 41.4 Å². The second-order valence-electron chi connectivity index (χ2n) is 4.40. The number of para-hydroxylation sites is 1. The third kappa shape index (κ3) is 3.32. The Morgan fingerprint density at radius 3 is 2.68 bits per heavy atom. The van der Waals surface area contributed by atoms with Crippen LogP contribution in [0.5, 0.6) is 0 Å². The van der Waals surface area contributed by atoms with Crippen LogP contribution in [0.25, 0.3) is 5.69 Å². The van der Waals surface area contributed by atoms with Crippen LogP contribution in [0.4, 0.5) is 0 Å². The van der Waals surface area contributed by atoms with Crippen molar-refractivity contribution in [3.05, 3.63) is 68.6 Å². The Morgan fingerprint density at radius 1 is 1.23 bits per heavy atom. The first-order chi connectivity index (χ1) is 10.6. The summed E-state index contributed by atoms with van der Waals surface area (Å²) >= 11 is 12.9. The maximum Gasteiger partial charge on any atom is 0.340 e. The van der Waals surface area contributed by atoms with Crippen molar-refractivity contribution in [2.45, 2.75) is 6.61 Å². The van der Waals surface area contributed by atoms with Crippen molar-refractivity contribution < 1.29 is 9.53 Å². The molecule has 3 aromatic rings. The minimum atomic E-state index is -0.512. The minimum Gasteiger partial charge on any atom is -0.455 e. The molecule has 0 saturated heterocycles. The average molecular weight is 353 g/mol. The molecule has 2 aromatic heterocycles. The van der Waals surface area contributed by atoms with Gasteiger partial charge in [-0.25, -0.2) is 9.48 Å². The van der Waals surface area contributed by atoms with E-state index in [9.17, 15) is 4.79 Å². The Hall–Kier alpha value is -1.82. The summed E-state index contributed by atoms with van der Waals surface area (Å²) in [6, 6.07) is 13.0. The first-order valence-corrected chi connectivity index (χ1v) is 7.92. The molecule has 4 nitrogen and oxygen atoms in total. The van der Waals surface area contributed by atoms with Gasteiger partial charge in [0.05, 0.1) is 15.6 Å². The number of carbonyl (C=O) groups excluding carboxylic acids is 1. The van der Waals surface area contributed by atoms with Gasteiger partial charge >= 0.3 is 5.97 Å². The summed E-state index contributed by atoms with van der Waals surface area (Å²) in [5, 5.41) is 4.36. The molecule has 0 unspecified atom stereocenters. The first-order valence-electron chi connectivity index (χ1n) is 6.35. The molecular formula is C15H10Cl2N2O2S. The summed E-state index contributed by atoms with van der Waals surface area (Å²) in [4.78, 5) is 11.9. The third-order valence-electron chi connectivity index (χ3n) is 2.89. The van der Waals surface area contributed by atoms with Crippen molar-refractivity contribution in [1.82, 2.24) is 9.78 Å². The van der Waals surface area contributed by atoms with Gasteiger partial charge in [0, 0.05) is 6.20 Å². The van der Waals surface area contributed by atoms with E-state index >= 15 is 0 Å². The largest absolute Gasteiger partial charge is 0.455 e. The Bertz CT molecular complexity index is 799. The molecule has 0 aliphatic rings. The van der Waals surface area contributed by atoms with Crippen LogP contribution in [-0.2, 0) is 11.3 Å². The lowest BCUT2D eigenvalue weighted by molar-refractivity contribution is 0.0468. The normalized spacial score (nSPS) is 10.6. The number of ether oxygens (including phenoxy) is 1. The number of hydrogen-bond acceptors (Lipinski definition) is 4. The van der Waals surface area contributed by atoms with Gasteiger partial charge in [0.25, 0.3) is 0 Å². The predicted molar refractivity (Wildman–Crippen MR) is 87.0 cm³/mol. The highest BCUT2D eigenvalue weighted by Gasteiger charge is 2.16. The molecule has 3 rings (SSSR count). The number of halogens is 2. The Labute approximate surface area is 140 Å². The zero-order chi connectivity index (χ0) is 15.5. The number of thiophene rings is 1. The molecule has 0 N–H and O–H groups in total. The Balaban J connectivity index is 1.66. The topological polar surface area (TPSA) is 44.1 Å². The Kier molecular flexibility index (Phi) is 4.47. The maximum absolute atomic E-state index is 11.9. The molecule has 7 heteroatoms. The zero-order valence-electron chi connectivity index (χ0n) is 11.2. The van der Waals surface area contributed by atoms with Crippen molar-refractivity contribution in [3.8, 4) is 5.69 Å². The van der Waals surface area contributed by atoms with E-state index in [-0.39, 0.29) is 12.2 Å². The number of esters is 1. The highest BCUT2D eigenvalue weighted by atomic mass is 35.5. The van der Waals surface area contributed by atoms with Crippen LogP contribution in [0.1, 0.15) is 16.1 Å². The smallest absolute Gasteiger partial charge is 0.340 e. The summed E-state index contributed by atoms with van der Waals surface area (Å²) in [5.41, 5.74) is 1.86. The molecule has 0 radical (unpaired) electrons. The lowest BCUT2D eigenvalue weighted by atomic mass is 10.3. The number of carbonyl (C=O) groups is 1. The zero-order valence-corrected chi connectivity index (χ0v) is 13.5. The fraction of sp³-hybridized carbons (Fsp3) is 0.0667. The summed E-state index contributed by atoms with van der Waals surface area (Å²) in [7, 11) is 0. The molecule has 0 aliphatic heterocycles. The molecule has 0 spiro atoms. The molecule has 2 heterocycles. The fourth-order valence-corrected chi connectivity index (χ4v) is 3.30. The van der Waals surface area contributed by atoms with Gasteiger partial charge in [-0.3, -0.25) is 0 Å². The van der Waals surface area contributed by atoms with Crippen LogP contribution in [0, 0.1) is 0 Å². The lowest BCUT2D eigenvalue weighted by Gasteiger charge is -2.02. The first kappa shape index (κ1) is 15.1. The molecular weight excluding hydrogens is 343 g/mol. The van der Waals surface area contributed by atoms with E-state index in [0.29, 0.717) is 14.4 Å². The van der Waals surface area contributed by atoms with Crippen molar-refractivity contribution in [1.29, 1.82) is 0 Å². The van der Waals surface area contributed by atoms with Gasteiger partial charge in [0.1, 0.15) is 16.6 Å². The van der Waals surface area contributed by atoms with E-state index < -0.39 is 5.97 Å². The predicted octanol–water partition coefficient (Wildman–Crippen LogP) is 4.60. The highest BCUT2D eigenvalue weighted by molar-refractivity contribution is 7.20. The number of nitrogens with zero attached hydrogens (tertiary/aromatic N) is 2. The van der Waals surface area contributed by atoms with Crippen LogP contribution in [0.15, 0.2) is 48.7 Å². The van der Waals surface area contributed by atoms with Gasteiger partial charge in [-0.05, 0) is 24.3 Å². The SMILES string of the molecule is O=C(OCc1ccn(-c2ccccc2)n1)c1cc(Cl)sc1Cl. The molecule has 0 fully saturated rings. The lowest BCUT2D eigenvalue weighted by Crippen LogP contribution is -2.05. The van der Waals surface area contributed by atoms with Crippen LogP contribution >= 0.6 is 34.5 Å². The van der Waals surface area contributed by atoms with E-state index in [0.717, 1.165) is 17.0 Å². The molecule has 0 saturated carbocycles. The second-order valence-corrected chi connectivity index (χ2v) is 6.69. The monoisotopic (exact) mass is 352 g/mol.